The third-order valence-electron chi connectivity index (χ3n) is 5.49. The molecule has 1 unspecified atom stereocenters. The molecule has 1 aromatic heterocycles. The molecule has 4 rings (SSSR count). The van der Waals surface area contributed by atoms with Gasteiger partial charge in [0, 0.05) is 31.8 Å². The van der Waals surface area contributed by atoms with Crippen LogP contribution in [0.4, 0.5) is 5.69 Å². The van der Waals surface area contributed by atoms with Crippen LogP contribution in [0.15, 0.2) is 46.1 Å². The van der Waals surface area contributed by atoms with Crippen molar-refractivity contribution in [1.29, 1.82) is 0 Å². The summed E-state index contributed by atoms with van der Waals surface area (Å²) in [6.45, 7) is 2.08. The van der Waals surface area contributed by atoms with Crippen molar-refractivity contribution in [2.75, 3.05) is 26.1 Å². The minimum Gasteiger partial charge on any atom is -0.507 e. The molecule has 1 atom stereocenters. The molecule has 0 saturated carbocycles. The number of hydrogen-bond acceptors (Lipinski definition) is 6. The smallest absolute Gasteiger partial charge is 0.144 e. The fraction of sp³-hybridized carbons (Fsp3) is 0.348. The number of fused-ring (bicyclic) bond motifs is 1. The van der Waals surface area contributed by atoms with Gasteiger partial charge in [-0.15, -0.1) is 0 Å². The van der Waals surface area contributed by atoms with Gasteiger partial charge in [0.15, 0.2) is 0 Å². The Morgan fingerprint density at radius 2 is 2.00 bits per heavy atom. The Balaban J connectivity index is 1.71. The van der Waals surface area contributed by atoms with E-state index in [9.17, 15) is 5.11 Å². The number of rotatable bonds is 6. The van der Waals surface area contributed by atoms with Gasteiger partial charge in [-0.2, -0.15) is 5.10 Å². The van der Waals surface area contributed by atoms with Gasteiger partial charge in [-0.1, -0.05) is 25.5 Å². The Morgan fingerprint density at radius 1 is 1.24 bits per heavy atom. The number of nitrogens with one attached hydrogen (secondary N) is 1. The normalized spacial score (nSPS) is 16.0. The van der Waals surface area contributed by atoms with Gasteiger partial charge in [-0.3, -0.25) is 0 Å². The second-order valence-electron chi connectivity index (χ2n) is 7.58. The number of methoxy groups -OCH3 is 1. The molecule has 152 valence electrons. The second-order valence-corrected chi connectivity index (χ2v) is 7.58. The lowest BCUT2D eigenvalue weighted by Crippen LogP contribution is -2.12. The Labute approximate surface area is 170 Å². The zero-order valence-electron chi connectivity index (χ0n) is 17.3. The lowest BCUT2D eigenvalue weighted by molar-refractivity contribution is 0.409. The third-order valence-corrected chi connectivity index (χ3v) is 5.49. The number of hydrogen-bond donors (Lipinski definition) is 2. The van der Waals surface area contributed by atoms with Crippen LogP contribution < -0.4 is 15.1 Å². The van der Waals surface area contributed by atoms with Gasteiger partial charge in [0.25, 0.3) is 0 Å². The monoisotopic (exact) mass is 393 g/mol. The summed E-state index contributed by atoms with van der Waals surface area (Å²) in [5.41, 5.74) is 8.49. The van der Waals surface area contributed by atoms with E-state index in [-0.39, 0.29) is 11.8 Å². The maximum Gasteiger partial charge on any atom is 0.144 e. The molecule has 3 aromatic rings. The number of hydrazone groups is 1. The number of benzene rings is 2. The van der Waals surface area contributed by atoms with E-state index in [4.69, 9.17) is 9.15 Å². The van der Waals surface area contributed by atoms with Gasteiger partial charge in [0.2, 0.25) is 0 Å². The molecule has 6 heteroatoms. The number of furan rings is 1. The van der Waals surface area contributed by atoms with Crippen molar-refractivity contribution >= 4 is 22.4 Å². The highest BCUT2D eigenvalue weighted by molar-refractivity contribution is 6.11. The van der Waals surface area contributed by atoms with Gasteiger partial charge in [-0.05, 0) is 30.2 Å². The predicted molar refractivity (Wildman–Crippen MR) is 116 cm³/mol. The van der Waals surface area contributed by atoms with E-state index in [1.807, 2.05) is 20.2 Å². The molecule has 0 bridgehead atoms. The lowest BCUT2D eigenvalue weighted by atomic mass is 9.93. The summed E-state index contributed by atoms with van der Waals surface area (Å²) in [6, 6.07) is 10.4. The van der Waals surface area contributed by atoms with Crippen LogP contribution >= 0.6 is 0 Å². The molecular weight excluding hydrogens is 366 g/mol. The van der Waals surface area contributed by atoms with Gasteiger partial charge >= 0.3 is 0 Å². The summed E-state index contributed by atoms with van der Waals surface area (Å²) in [6.07, 6.45) is 3.93. The molecule has 2 N–H and O–H groups in total. The van der Waals surface area contributed by atoms with Gasteiger partial charge < -0.3 is 24.6 Å². The SMILES string of the molecule is CCCc1c(O)c(C2=NNC(c3ccc(N(C)C)cc3)C2)c(OC)c2ccoc12. The highest BCUT2D eigenvalue weighted by atomic mass is 16.5. The fourth-order valence-corrected chi connectivity index (χ4v) is 3.98. The number of anilines is 1. The predicted octanol–water partition coefficient (Wildman–Crippen LogP) is 4.60. The Morgan fingerprint density at radius 3 is 2.66 bits per heavy atom. The number of nitrogens with zero attached hydrogens (tertiary/aromatic N) is 2. The molecule has 6 nitrogen and oxygen atoms in total. The number of aryl methyl sites for hydroxylation is 1. The van der Waals surface area contributed by atoms with Crippen LogP contribution in [0.5, 0.6) is 11.5 Å². The molecule has 0 spiro atoms. The number of phenols is 1. The summed E-state index contributed by atoms with van der Waals surface area (Å²) in [5, 5.41) is 16.5. The summed E-state index contributed by atoms with van der Waals surface area (Å²) >= 11 is 0. The molecule has 29 heavy (non-hydrogen) atoms. The quantitative estimate of drug-likeness (QED) is 0.640. The van der Waals surface area contributed by atoms with E-state index >= 15 is 0 Å². The van der Waals surface area contributed by atoms with Crippen LogP contribution in [-0.2, 0) is 6.42 Å². The van der Waals surface area contributed by atoms with Gasteiger partial charge in [0.1, 0.15) is 17.1 Å². The van der Waals surface area contributed by atoms with E-state index in [0.717, 1.165) is 40.8 Å². The lowest BCUT2D eigenvalue weighted by Gasteiger charge is -2.16. The van der Waals surface area contributed by atoms with E-state index in [0.29, 0.717) is 23.3 Å². The molecule has 0 fully saturated rings. The number of phenolic OH excluding ortho intramolecular Hbond substituents is 1. The Hall–Kier alpha value is -3.15. The van der Waals surface area contributed by atoms with Crippen LogP contribution in [0.3, 0.4) is 0 Å². The largest absolute Gasteiger partial charge is 0.507 e. The number of aromatic hydroxyl groups is 1. The molecule has 2 heterocycles. The first kappa shape index (κ1) is 19.2. The van der Waals surface area contributed by atoms with E-state index in [1.54, 1.807) is 13.4 Å². The molecule has 0 aliphatic carbocycles. The van der Waals surface area contributed by atoms with E-state index < -0.39 is 0 Å². The highest BCUT2D eigenvalue weighted by Crippen LogP contribution is 2.43. The van der Waals surface area contributed by atoms with E-state index in [1.165, 1.54) is 0 Å². The van der Waals surface area contributed by atoms with Crippen LogP contribution in [0.25, 0.3) is 11.0 Å². The minimum atomic E-state index is 0.0555. The van der Waals surface area contributed by atoms with Crippen molar-refractivity contribution in [3.63, 3.8) is 0 Å². The molecule has 1 aliphatic heterocycles. The average molecular weight is 393 g/mol. The number of ether oxygens (including phenoxy) is 1. The first-order valence-corrected chi connectivity index (χ1v) is 9.93. The molecule has 0 saturated heterocycles. The van der Waals surface area contributed by atoms with Crippen LogP contribution in [0, 0.1) is 0 Å². The van der Waals surface area contributed by atoms with Crippen molar-refractivity contribution in [2.24, 2.45) is 5.10 Å². The van der Waals surface area contributed by atoms with Gasteiger partial charge in [-0.25, -0.2) is 0 Å². The summed E-state index contributed by atoms with van der Waals surface area (Å²) < 4.78 is 11.4. The molecule has 0 amide bonds. The summed E-state index contributed by atoms with van der Waals surface area (Å²) in [5.74, 6) is 0.811. The zero-order chi connectivity index (χ0) is 20.5. The van der Waals surface area contributed by atoms with E-state index in [2.05, 4.69) is 46.6 Å². The van der Waals surface area contributed by atoms with Crippen molar-refractivity contribution in [3.8, 4) is 11.5 Å². The Bertz CT molecular complexity index is 1050. The molecular formula is C23H27N3O3. The minimum absolute atomic E-state index is 0.0555. The maximum absolute atomic E-state index is 11.1. The second kappa shape index (κ2) is 7.70. The highest BCUT2D eigenvalue weighted by Gasteiger charge is 2.29. The van der Waals surface area contributed by atoms with Crippen molar-refractivity contribution in [3.05, 3.63) is 53.3 Å². The van der Waals surface area contributed by atoms with Crippen molar-refractivity contribution < 1.29 is 14.3 Å². The summed E-state index contributed by atoms with van der Waals surface area (Å²) in [7, 11) is 5.67. The third kappa shape index (κ3) is 3.28. The standard InChI is InChI=1S/C23H27N3O3/c1-5-6-16-21(27)20(23(28-4)17-11-12-29-22(16)17)19-13-18(24-25-19)14-7-9-15(10-8-14)26(2)3/h7-12,18,24,27H,5-6,13H2,1-4H3. The van der Waals surface area contributed by atoms with Crippen LogP contribution in [0.1, 0.15) is 42.5 Å². The molecule has 1 aliphatic rings. The topological polar surface area (TPSA) is 70.2 Å². The molecule has 0 radical (unpaired) electrons. The van der Waals surface area contributed by atoms with Crippen molar-refractivity contribution in [1.82, 2.24) is 5.43 Å². The summed E-state index contributed by atoms with van der Waals surface area (Å²) in [4.78, 5) is 2.08. The van der Waals surface area contributed by atoms with Crippen LogP contribution in [0.2, 0.25) is 0 Å². The van der Waals surface area contributed by atoms with Crippen molar-refractivity contribution in [2.45, 2.75) is 32.2 Å². The van der Waals surface area contributed by atoms with Crippen LogP contribution in [-0.4, -0.2) is 32.0 Å². The zero-order valence-corrected chi connectivity index (χ0v) is 17.3. The average Bonchev–Trinajstić information content (AvgIpc) is 3.39. The maximum atomic E-state index is 11.1. The first-order chi connectivity index (χ1) is 14.0. The Kier molecular flexibility index (Phi) is 5.09. The fourth-order valence-electron chi connectivity index (χ4n) is 3.98. The molecule has 2 aromatic carbocycles. The first-order valence-electron chi connectivity index (χ1n) is 9.93. The van der Waals surface area contributed by atoms with Gasteiger partial charge in [0.05, 0.1) is 36.1 Å².